The standard InChI is InChI=1S/C28H44N2O9.Os/c1-5-25-26(38-22(3)31)20-24(29-6-2)27(39-25)36-19-18-35-17-16-34-15-14-33-13-12-30(4)28(32)37-21-23-10-8-7-9-11-23;/h7-11,24-27,29H,5,12-21H2,1-4H3;/t24-,25-,26-,27?;/m1./s1. The minimum absolute atomic E-state index is 0.118. The van der Waals surface area contributed by atoms with Crippen LogP contribution in [0.1, 0.15) is 39.2 Å². The summed E-state index contributed by atoms with van der Waals surface area (Å²) in [5.74, 6) is -0.309. The fraction of sp³-hybridized carbons (Fsp3) is 0.679. The predicted octanol–water partition coefficient (Wildman–Crippen LogP) is 2.43. The van der Waals surface area contributed by atoms with Gasteiger partial charge in [0.1, 0.15) is 6.61 Å². The molecule has 11 nitrogen and oxygen atoms in total. The quantitative estimate of drug-likeness (QED) is 0.168. The molecule has 4 atom stereocenters. The molecule has 1 amide bonds. The molecule has 1 aromatic carbocycles. The zero-order chi connectivity index (χ0) is 29.2. The van der Waals surface area contributed by atoms with Crippen LogP contribution in [-0.2, 0) is 62.7 Å². The van der Waals surface area contributed by atoms with E-state index >= 15 is 0 Å². The summed E-state index contributed by atoms with van der Waals surface area (Å²) in [5.41, 5.74) is 0.945. The SMILES string of the molecule is CC[C@H]1OC(OCCOCCOCCOCCN(C)C(=O)OCc2ccccc2)[C@H](N[C](C)=[Os])C[C@H]1OC(C)=O. The van der Waals surface area contributed by atoms with Gasteiger partial charge < -0.3 is 14.4 Å². The van der Waals surface area contributed by atoms with Gasteiger partial charge >= 0.3 is 159 Å². The minimum atomic E-state index is -0.460. The number of esters is 1. The van der Waals surface area contributed by atoms with Crippen LogP contribution in [0.4, 0.5) is 4.79 Å². The van der Waals surface area contributed by atoms with Crippen LogP contribution in [0, 0.1) is 0 Å². The van der Waals surface area contributed by atoms with E-state index in [1.807, 2.05) is 44.2 Å². The number of hydrogen-bond acceptors (Lipinski definition) is 10. The Morgan fingerprint density at radius 3 is 2.23 bits per heavy atom. The first kappa shape index (κ1) is 34.4. The van der Waals surface area contributed by atoms with Crippen molar-refractivity contribution >= 4 is 16.3 Å². The van der Waals surface area contributed by atoms with Crippen molar-refractivity contribution in [3.05, 3.63) is 35.9 Å². The van der Waals surface area contributed by atoms with Crippen molar-refractivity contribution in [2.75, 3.05) is 59.8 Å². The Labute approximate surface area is 247 Å². The van der Waals surface area contributed by atoms with E-state index in [0.29, 0.717) is 59.2 Å². The monoisotopic (exact) mass is 744 g/mol. The third-order valence-electron chi connectivity index (χ3n) is 5.98. The number of nitrogens with zero attached hydrogens (tertiary/aromatic N) is 1. The van der Waals surface area contributed by atoms with Crippen LogP contribution < -0.4 is 5.32 Å². The van der Waals surface area contributed by atoms with Crippen LogP contribution >= 0.6 is 0 Å². The molecule has 0 aliphatic carbocycles. The molecule has 1 unspecified atom stereocenters. The van der Waals surface area contributed by atoms with E-state index in [-0.39, 0.29) is 36.9 Å². The number of benzene rings is 1. The molecule has 228 valence electrons. The number of hydrogen-bond donors (Lipinski definition) is 1. The molecule has 40 heavy (non-hydrogen) atoms. The number of likely N-dealkylation sites (N-methyl/N-ethyl adjacent to an activating group) is 1. The Bertz CT molecular complexity index is 877. The number of rotatable bonds is 19. The summed E-state index contributed by atoms with van der Waals surface area (Å²) in [6.45, 7) is 8.96. The van der Waals surface area contributed by atoms with Gasteiger partial charge in [-0.05, 0) is 5.56 Å². The average molecular weight is 743 g/mol. The number of carbonyl (C=O) groups is 2. The fourth-order valence-electron chi connectivity index (χ4n) is 3.98. The van der Waals surface area contributed by atoms with Gasteiger partial charge in [0.25, 0.3) is 0 Å². The Hall–Kier alpha value is -1.77. The van der Waals surface area contributed by atoms with Crippen LogP contribution in [0.2, 0.25) is 0 Å². The third-order valence-corrected chi connectivity index (χ3v) is 6.35. The molecular weight excluding hydrogens is 699 g/mol. The van der Waals surface area contributed by atoms with Crippen molar-refractivity contribution in [2.24, 2.45) is 0 Å². The molecule has 0 bridgehead atoms. The molecule has 1 N–H and O–H groups in total. The zero-order valence-corrected chi connectivity index (χ0v) is 26.5. The number of ether oxygens (including phenoxy) is 7. The van der Waals surface area contributed by atoms with Crippen LogP contribution in [0.3, 0.4) is 0 Å². The maximum atomic E-state index is 12.0. The van der Waals surface area contributed by atoms with Crippen molar-refractivity contribution in [3.63, 3.8) is 0 Å². The molecule has 0 spiro atoms. The van der Waals surface area contributed by atoms with Gasteiger partial charge in [-0.25, -0.2) is 4.79 Å². The van der Waals surface area contributed by atoms with Crippen LogP contribution in [0.25, 0.3) is 0 Å². The van der Waals surface area contributed by atoms with E-state index in [0.717, 1.165) is 16.2 Å². The second-order valence-electron chi connectivity index (χ2n) is 9.27. The normalized spacial score (nSPS) is 20.6. The van der Waals surface area contributed by atoms with Gasteiger partial charge in [-0.3, -0.25) is 0 Å². The van der Waals surface area contributed by atoms with Gasteiger partial charge in [-0.1, -0.05) is 30.3 Å². The van der Waals surface area contributed by atoms with E-state index in [2.05, 4.69) is 5.32 Å². The van der Waals surface area contributed by atoms with Gasteiger partial charge in [-0.2, -0.15) is 0 Å². The number of carbonyl (C=O) groups excluding carboxylic acids is 2. The van der Waals surface area contributed by atoms with Crippen molar-refractivity contribution in [1.82, 2.24) is 10.2 Å². The van der Waals surface area contributed by atoms with Gasteiger partial charge in [-0.15, -0.1) is 0 Å². The molecule has 0 aromatic heterocycles. The second kappa shape index (κ2) is 20.2. The average Bonchev–Trinajstić information content (AvgIpc) is 2.93. The van der Waals surface area contributed by atoms with E-state index in [1.54, 1.807) is 25.2 Å². The van der Waals surface area contributed by atoms with Crippen molar-refractivity contribution in [1.29, 1.82) is 0 Å². The van der Waals surface area contributed by atoms with Gasteiger partial charge in [0, 0.05) is 13.6 Å². The predicted molar refractivity (Wildman–Crippen MR) is 144 cm³/mol. The van der Waals surface area contributed by atoms with E-state index in [4.69, 9.17) is 33.2 Å². The van der Waals surface area contributed by atoms with Gasteiger partial charge in [0.05, 0.1) is 13.2 Å². The molecule has 0 radical (unpaired) electrons. The van der Waals surface area contributed by atoms with E-state index in [1.165, 1.54) is 11.8 Å². The zero-order valence-electron chi connectivity index (χ0n) is 23.9. The number of nitrogens with one attached hydrogen (secondary N) is 1. The van der Waals surface area contributed by atoms with Gasteiger partial charge in [0.15, 0.2) is 0 Å². The molecule has 1 saturated heterocycles. The van der Waals surface area contributed by atoms with Crippen LogP contribution in [0.15, 0.2) is 30.3 Å². The Morgan fingerprint density at radius 2 is 1.62 bits per heavy atom. The molecule has 1 aliphatic heterocycles. The Morgan fingerprint density at radius 1 is 1.00 bits per heavy atom. The van der Waals surface area contributed by atoms with Gasteiger partial charge in [0.2, 0.25) is 0 Å². The molecule has 2 rings (SSSR count). The van der Waals surface area contributed by atoms with E-state index < -0.39 is 6.29 Å². The summed E-state index contributed by atoms with van der Waals surface area (Å²) in [4.78, 5) is 25.0. The summed E-state index contributed by atoms with van der Waals surface area (Å²) in [5, 5.41) is 3.38. The first-order valence-corrected chi connectivity index (χ1v) is 14.9. The molecule has 1 heterocycles. The van der Waals surface area contributed by atoms with E-state index in [9.17, 15) is 9.59 Å². The summed E-state index contributed by atoms with van der Waals surface area (Å²) in [7, 11) is 1.68. The first-order chi connectivity index (χ1) is 19.3. The summed E-state index contributed by atoms with van der Waals surface area (Å²) >= 11 is 1.76. The van der Waals surface area contributed by atoms with Crippen LogP contribution in [0.5, 0.6) is 0 Å². The summed E-state index contributed by atoms with van der Waals surface area (Å²) in [6, 6.07) is 9.43. The Kier molecular flexibility index (Phi) is 17.4. The van der Waals surface area contributed by atoms with Crippen molar-refractivity contribution < 1.29 is 60.9 Å². The maximum absolute atomic E-state index is 12.0. The third kappa shape index (κ3) is 14.2. The fourth-order valence-corrected chi connectivity index (χ4v) is 4.46. The first-order valence-electron chi connectivity index (χ1n) is 13.6. The summed E-state index contributed by atoms with van der Waals surface area (Å²) in [6.07, 6.45) is -0.0277. The molecule has 1 aromatic rings. The molecular formula is C28H44N2O9Os. The van der Waals surface area contributed by atoms with Crippen molar-refractivity contribution in [2.45, 2.75) is 64.8 Å². The van der Waals surface area contributed by atoms with Crippen molar-refractivity contribution in [3.8, 4) is 0 Å². The molecule has 0 saturated carbocycles. The Balaban J connectivity index is 1.49. The topological polar surface area (TPSA) is 114 Å². The summed E-state index contributed by atoms with van der Waals surface area (Å²) < 4.78 is 40.6. The van der Waals surface area contributed by atoms with Crippen LogP contribution in [-0.4, -0.2) is 106 Å². The molecule has 1 aliphatic rings. The molecule has 1 fully saturated rings. The second-order valence-corrected chi connectivity index (χ2v) is 11.2. The molecule has 12 heteroatoms. The number of amides is 1.